The van der Waals surface area contributed by atoms with Gasteiger partial charge in [0.05, 0.1) is 22.6 Å². The molecule has 0 bridgehead atoms. The molecule has 234 valence electrons. The van der Waals surface area contributed by atoms with Crippen molar-refractivity contribution in [2.24, 2.45) is 22.9 Å². The zero-order valence-corrected chi connectivity index (χ0v) is 26.1. The summed E-state index contributed by atoms with van der Waals surface area (Å²) in [6.45, 7) is 1.79. The first-order chi connectivity index (χ1) is 20.6. The molecule has 0 radical (unpaired) electrons. The molecule has 2 aliphatic carbocycles. The summed E-state index contributed by atoms with van der Waals surface area (Å²) in [4.78, 5) is 14.1. The molecular weight excluding hydrogens is 588 g/mol. The molecule has 3 aliphatic rings. The molecule has 0 amide bonds. The Balaban J connectivity index is 1.30. The fourth-order valence-electron chi connectivity index (χ4n) is 7.04. The van der Waals surface area contributed by atoms with Crippen LogP contribution in [0.4, 0.5) is 5.69 Å². The molecule has 2 aromatic carbocycles. The van der Waals surface area contributed by atoms with Crippen LogP contribution >= 0.6 is 11.6 Å². The average Bonchev–Trinajstić information content (AvgIpc) is 2.98. The molecule has 0 unspecified atom stereocenters. The second-order valence-corrected chi connectivity index (χ2v) is 14.6. The number of fused-ring (bicyclic) bond motifs is 2. The molecule has 2 fully saturated rings. The molecule has 43 heavy (non-hydrogen) atoms. The fourth-order valence-corrected chi connectivity index (χ4v) is 8.51. The van der Waals surface area contributed by atoms with Gasteiger partial charge in [0, 0.05) is 18.1 Å². The molecule has 2 aromatic rings. The number of nitrogens with zero attached hydrogens (tertiary/aromatic N) is 1. The fraction of sp³-hybridized carbons (Fsp3) is 0.545. The first kappa shape index (κ1) is 31.8. The standard InChI is InChI=1S/C33H43ClN2O6S/c34-27-14-11-26-21-42-31-16-13-24(33(38)39)19-29(31)36(17-4-3-7-23(26)18-27)20-25-12-15-28(25)30(37)9-5-8-22-6-1-2-10-32(22)43(35,40)41/h5,9,11,13-14,16,18-19,22,25,28,30,32,37H,1-4,6-8,10,12,15,17,20-21H2,(H,38,39)(H2,35,40,41)/b9-5+/t22-,25-,28+,30-,32+/m0/s1. The molecule has 5 rings (SSSR count). The van der Waals surface area contributed by atoms with Crippen molar-refractivity contribution in [3.8, 4) is 5.75 Å². The van der Waals surface area contributed by atoms with Gasteiger partial charge in [0.25, 0.3) is 0 Å². The van der Waals surface area contributed by atoms with Crippen molar-refractivity contribution < 1.29 is 28.2 Å². The lowest BCUT2D eigenvalue weighted by Gasteiger charge is -2.42. The SMILES string of the molecule is NS(=O)(=O)[C@@H]1CCCC[C@H]1C/C=C/[C@H](O)[C@@H]1CC[C@H]1CN1CCCCc2cc(Cl)ccc2COc2ccc(C(=O)O)cc21. The Hall–Kier alpha value is -2.59. The minimum Gasteiger partial charge on any atom is -0.487 e. The predicted octanol–water partition coefficient (Wildman–Crippen LogP) is 5.94. The highest BCUT2D eigenvalue weighted by Gasteiger charge is 2.37. The predicted molar refractivity (Wildman–Crippen MR) is 169 cm³/mol. The van der Waals surface area contributed by atoms with E-state index in [4.69, 9.17) is 21.5 Å². The Kier molecular flexibility index (Phi) is 10.4. The number of aromatic carboxylic acids is 1. The summed E-state index contributed by atoms with van der Waals surface area (Å²) < 4.78 is 30.4. The number of rotatable bonds is 8. The van der Waals surface area contributed by atoms with Crippen LogP contribution in [-0.2, 0) is 23.1 Å². The molecule has 1 heterocycles. The molecule has 2 saturated carbocycles. The topological polar surface area (TPSA) is 130 Å². The van der Waals surface area contributed by atoms with Gasteiger partial charge in [0.2, 0.25) is 10.0 Å². The molecule has 0 spiro atoms. The van der Waals surface area contributed by atoms with Gasteiger partial charge in [-0.25, -0.2) is 18.4 Å². The number of hydrogen-bond acceptors (Lipinski definition) is 6. The molecule has 5 atom stereocenters. The Morgan fingerprint density at radius 3 is 2.60 bits per heavy atom. The summed E-state index contributed by atoms with van der Waals surface area (Å²) in [5.74, 6) is -0.0467. The lowest BCUT2D eigenvalue weighted by atomic mass is 9.70. The van der Waals surface area contributed by atoms with Gasteiger partial charge in [0.1, 0.15) is 12.4 Å². The highest BCUT2D eigenvalue weighted by atomic mass is 35.5. The Bertz CT molecular complexity index is 1430. The summed E-state index contributed by atoms with van der Waals surface area (Å²) in [5.41, 5.74) is 3.22. The van der Waals surface area contributed by atoms with E-state index < -0.39 is 27.3 Å². The molecule has 10 heteroatoms. The van der Waals surface area contributed by atoms with Gasteiger partial charge < -0.3 is 19.8 Å². The van der Waals surface area contributed by atoms with Gasteiger partial charge in [-0.3, -0.25) is 0 Å². The summed E-state index contributed by atoms with van der Waals surface area (Å²) in [6.07, 6.45) is 11.7. The van der Waals surface area contributed by atoms with E-state index in [-0.39, 0.29) is 23.3 Å². The van der Waals surface area contributed by atoms with Gasteiger partial charge in [-0.1, -0.05) is 42.7 Å². The van der Waals surface area contributed by atoms with Crippen LogP contribution in [0.5, 0.6) is 5.75 Å². The van der Waals surface area contributed by atoms with E-state index in [0.717, 1.165) is 69.2 Å². The number of carboxylic acid groups (broad SMARTS) is 1. The van der Waals surface area contributed by atoms with E-state index in [0.29, 0.717) is 36.8 Å². The molecule has 4 N–H and O–H groups in total. The largest absolute Gasteiger partial charge is 0.487 e. The molecule has 0 saturated heterocycles. The minimum atomic E-state index is -3.58. The number of allylic oxidation sites excluding steroid dienone is 1. The number of sulfonamides is 1. The third-order valence-corrected chi connectivity index (χ3v) is 11.3. The number of nitrogens with two attached hydrogens (primary N) is 1. The monoisotopic (exact) mass is 630 g/mol. The number of carboxylic acids is 1. The number of ether oxygens (including phenoxy) is 1. The van der Waals surface area contributed by atoms with Gasteiger partial charge in [-0.2, -0.15) is 0 Å². The number of halogens is 1. The number of aryl methyl sites for hydroxylation is 1. The highest BCUT2D eigenvalue weighted by molar-refractivity contribution is 7.89. The lowest BCUT2D eigenvalue weighted by molar-refractivity contribution is 0.0460. The number of anilines is 1. The average molecular weight is 631 g/mol. The summed E-state index contributed by atoms with van der Waals surface area (Å²) in [6, 6.07) is 10.9. The van der Waals surface area contributed by atoms with Gasteiger partial charge in [0.15, 0.2) is 0 Å². The second-order valence-electron chi connectivity index (χ2n) is 12.4. The van der Waals surface area contributed by atoms with E-state index in [9.17, 15) is 23.4 Å². The number of hydrogen-bond donors (Lipinski definition) is 3. The molecule has 8 nitrogen and oxygen atoms in total. The van der Waals surface area contributed by atoms with E-state index >= 15 is 0 Å². The molecular formula is C33H43ClN2O6S. The van der Waals surface area contributed by atoms with Crippen LogP contribution in [0.25, 0.3) is 0 Å². The van der Waals surface area contributed by atoms with Crippen molar-refractivity contribution in [3.05, 3.63) is 70.3 Å². The molecule has 0 aromatic heterocycles. The van der Waals surface area contributed by atoms with Gasteiger partial charge >= 0.3 is 5.97 Å². The normalized spacial score (nSPS) is 25.5. The van der Waals surface area contributed by atoms with Crippen molar-refractivity contribution in [3.63, 3.8) is 0 Å². The minimum absolute atomic E-state index is 0.00961. The Labute approximate surface area is 259 Å². The third-order valence-electron chi connectivity index (χ3n) is 9.63. The first-order valence-electron chi connectivity index (χ1n) is 15.5. The Morgan fingerprint density at radius 1 is 1.05 bits per heavy atom. The first-order valence-corrected chi connectivity index (χ1v) is 17.5. The van der Waals surface area contributed by atoms with Crippen LogP contribution in [0, 0.1) is 17.8 Å². The number of aliphatic hydroxyl groups excluding tert-OH is 1. The number of aliphatic hydroxyl groups is 1. The van der Waals surface area contributed by atoms with Gasteiger partial charge in [-0.15, -0.1) is 0 Å². The van der Waals surface area contributed by atoms with Crippen LogP contribution < -0.4 is 14.8 Å². The lowest BCUT2D eigenvalue weighted by Crippen LogP contribution is -2.43. The van der Waals surface area contributed by atoms with Crippen molar-refractivity contribution in [2.45, 2.75) is 82.2 Å². The summed E-state index contributed by atoms with van der Waals surface area (Å²) in [7, 11) is -3.58. The van der Waals surface area contributed by atoms with Crippen LogP contribution in [0.15, 0.2) is 48.6 Å². The highest BCUT2D eigenvalue weighted by Crippen LogP contribution is 2.41. The maximum atomic E-state index is 12.1. The van der Waals surface area contributed by atoms with Gasteiger partial charge in [-0.05, 0) is 111 Å². The van der Waals surface area contributed by atoms with E-state index in [1.165, 1.54) is 5.56 Å². The van der Waals surface area contributed by atoms with Crippen LogP contribution in [0.3, 0.4) is 0 Å². The smallest absolute Gasteiger partial charge is 0.335 e. The number of primary sulfonamides is 1. The van der Waals surface area contributed by atoms with E-state index in [1.54, 1.807) is 18.2 Å². The maximum absolute atomic E-state index is 12.1. The van der Waals surface area contributed by atoms with E-state index in [2.05, 4.69) is 4.90 Å². The number of benzene rings is 2. The van der Waals surface area contributed by atoms with Crippen molar-refractivity contribution in [2.75, 3.05) is 18.0 Å². The van der Waals surface area contributed by atoms with Crippen LogP contribution in [0.2, 0.25) is 5.02 Å². The maximum Gasteiger partial charge on any atom is 0.335 e. The third kappa shape index (κ3) is 7.93. The number of carbonyl (C=O) groups is 1. The summed E-state index contributed by atoms with van der Waals surface area (Å²) in [5, 5.41) is 26.6. The second kappa shape index (κ2) is 14.0. The molecule has 1 aliphatic heterocycles. The summed E-state index contributed by atoms with van der Waals surface area (Å²) >= 11 is 6.28. The van der Waals surface area contributed by atoms with E-state index in [1.807, 2.05) is 30.4 Å². The quantitative estimate of drug-likeness (QED) is 0.308. The Morgan fingerprint density at radius 2 is 1.86 bits per heavy atom. The van der Waals surface area contributed by atoms with Crippen molar-refractivity contribution in [1.29, 1.82) is 0 Å². The van der Waals surface area contributed by atoms with Crippen LogP contribution in [0.1, 0.15) is 79.3 Å². The van der Waals surface area contributed by atoms with Crippen molar-refractivity contribution in [1.82, 2.24) is 0 Å². The zero-order valence-electron chi connectivity index (χ0n) is 24.5. The van der Waals surface area contributed by atoms with Crippen molar-refractivity contribution >= 4 is 33.3 Å². The van der Waals surface area contributed by atoms with Crippen LogP contribution in [-0.4, -0.2) is 49.0 Å². The zero-order chi connectivity index (χ0) is 30.6.